The highest BCUT2D eigenvalue weighted by Crippen LogP contribution is 2.25. The molecule has 22 heavy (non-hydrogen) atoms. The van der Waals surface area contributed by atoms with Crippen molar-refractivity contribution < 1.29 is 4.79 Å². The lowest BCUT2D eigenvalue weighted by Gasteiger charge is -2.16. The van der Waals surface area contributed by atoms with Crippen molar-refractivity contribution in [2.24, 2.45) is 0 Å². The Morgan fingerprint density at radius 2 is 1.59 bits per heavy atom. The minimum absolute atomic E-state index is 0.110. The van der Waals surface area contributed by atoms with Crippen molar-refractivity contribution in [1.29, 1.82) is 0 Å². The third-order valence-electron chi connectivity index (χ3n) is 3.95. The summed E-state index contributed by atoms with van der Waals surface area (Å²) in [6, 6.07) is 15.5. The van der Waals surface area contributed by atoms with Gasteiger partial charge in [0, 0.05) is 18.5 Å². The minimum atomic E-state index is -0.110. The molecule has 0 fully saturated rings. The molecule has 0 aliphatic carbocycles. The second-order valence-electron chi connectivity index (χ2n) is 5.38. The highest BCUT2D eigenvalue weighted by atomic mass is 16.2. The van der Waals surface area contributed by atoms with Gasteiger partial charge in [0.25, 0.3) is 5.91 Å². The predicted octanol–water partition coefficient (Wildman–Crippen LogP) is 2.37. The van der Waals surface area contributed by atoms with Crippen LogP contribution in [0.2, 0.25) is 0 Å². The van der Waals surface area contributed by atoms with Gasteiger partial charge in [0.05, 0.1) is 5.52 Å². The highest BCUT2D eigenvalue weighted by Gasteiger charge is 2.26. The van der Waals surface area contributed by atoms with E-state index >= 15 is 0 Å². The summed E-state index contributed by atoms with van der Waals surface area (Å²) in [5.41, 5.74) is 9.18. The van der Waals surface area contributed by atoms with Crippen molar-refractivity contribution >= 4 is 22.8 Å². The lowest BCUT2D eigenvalue weighted by Crippen LogP contribution is -2.27. The van der Waals surface area contributed by atoms with Crippen molar-refractivity contribution in [3.63, 3.8) is 0 Å². The molecular weight excluding hydrogens is 276 g/mol. The Kier molecular flexibility index (Phi) is 2.79. The van der Waals surface area contributed by atoms with E-state index < -0.39 is 0 Å². The molecule has 5 heteroatoms. The third kappa shape index (κ3) is 1.98. The number of hydrogen-bond acceptors (Lipinski definition) is 4. The number of aromatic nitrogens is 2. The number of rotatable bonds is 1. The molecule has 0 spiro atoms. The molecule has 3 aromatic rings. The second kappa shape index (κ2) is 4.80. The van der Waals surface area contributed by atoms with Crippen LogP contribution in [0.1, 0.15) is 21.6 Å². The average Bonchev–Trinajstić information content (AvgIpc) is 2.97. The number of nitrogen functional groups attached to an aromatic ring is 1. The number of anilines is 1. The van der Waals surface area contributed by atoms with E-state index in [0.717, 1.165) is 5.39 Å². The Morgan fingerprint density at radius 3 is 2.32 bits per heavy atom. The van der Waals surface area contributed by atoms with E-state index in [2.05, 4.69) is 22.1 Å². The molecule has 5 nitrogen and oxygen atoms in total. The van der Waals surface area contributed by atoms with Crippen molar-refractivity contribution in [2.45, 2.75) is 13.1 Å². The zero-order valence-corrected chi connectivity index (χ0v) is 11.9. The number of fused-ring (bicyclic) bond motifs is 2. The van der Waals surface area contributed by atoms with Crippen LogP contribution in [-0.4, -0.2) is 20.8 Å². The quantitative estimate of drug-likeness (QED) is 0.747. The van der Waals surface area contributed by atoms with E-state index in [0.29, 0.717) is 24.3 Å². The summed E-state index contributed by atoms with van der Waals surface area (Å²) in [5.74, 6) is 0.0141. The maximum absolute atomic E-state index is 12.9. The first-order valence-corrected chi connectivity index (χ1v) is 7.11. The molecule has 108 valence electrons. The van der Waals surface area contributed by atoms with Crippen LogP contribution in [0.5, 0.6) is 0 Å². The number of nitrogens with two attached hydrogens (primary N) is 1. The molecule has 1 amide bonds. The summed E-state index contributed by atoms with van der Waals surface area (Å²) in [4.78, 5) is 23.0. The SMILES string of the molecule is Nc1nc(C(=O)N2Cc3ccccc3C2)c2ccccc2n1. The summed E-state index contributed by atoms with van der Waals surface area (Å²) >= 11 is 0. The van der Waals surface area contributed by atoms with Gasteiger partial charge in [-0.2, -0.15) is 0 Å². The number of hydrogen-bond donors (Lipinski definition) is 1. The minimum Gasteiger partial charge on any atom is -0.368 e. The van der Waals surface area contributed by atoms with Crippen LogP contribution in [0.3, 0.4) is 0 Å². The van der Waals surface area contributed by atoms with Gasteiger partial charge in [-0.1, -0.05) is 42.5 Å². The fourth-order valence-corrected chi connectivity index (χ4v) is 2.88. The Hall–Kier alpha value is -2.95. The van der Waals surface area contributed by atoms with Crippen LogP contribution < -0.4 is 5.73 Å². The molecule has 4 rings (SSSR count). The summed E-state index contributed by atoms with van der Waals surface area (Å²) in [6.07, 6.45) is 0. The fourth-order valence-electron chi connectivity index (χ4n) is 2.88. The average molecular weight is 290 g/mol. The standard InChI is InChI=1S/C17H14N4O/c18-17-19-14-8-4-3-7-13(14)15(20-17)16(22)21-9-11-5-1-2-6-12(11)10-21/h1-8H,9-10H2,(H2,18,19,20). The summed E-state index contributed by atoms with van der Waals surface area (Å²) < 4.78 is 0. The van der Waals surface area contributed by atoms with Crippen molar-refractivity contribution in [1.82, 2.24) is 14.9 Å². The molecule has 0 radical (unpaired) electrons. The van der Waals surface area contributed by atoms with E-state index in [1.54, 1.807) is 4.90 Å². The highest BCUT2D eigenvalue weighted by molar-refractivity contribution is 6.04. The van der Waals surface area contributed by atoms with E-state index in [1.807, 2.05) is 36.4 Å². The van der Waals surface area contributed by atoms with Gasteiger partial charge in [0.15, 0.2) is 0 Å². The lowest BCUT2D eigenvalue weighted by molar-refractivity contribution is 0.0747. The monoisotopic (exact) mass is 290 g/mol. The van der Waals surface area contributed by atoms with Crippen LogP contribution in [0.25, 0.3) is 10.9 Å². The summed E-state index contributed by atoms with van der Waals surface area (Å²) in [7, 11) is 0. The largest absolute Gasteiger partial charge is 0.368 e. The summed E-state index contributed by atoms with van der Waals surface area (Å²) in [5, 5.41) is 0.734. The molecular formula is C17H14N4O. The van der Waals surface area contributed by atoms with Crippen LogP contribution in [0, 0.1) is 0 Å². The predicted molar refractivity (Wildman–Crippen MR) is 84.0 cm³/mol. The smallest absolute Gasteiger partial charge is 0.273 e. The number of nitrogens with zero attached hydrogens (tertiary/aromatic N) is 3. The molecule has 0 unspecified atom stereocenters. The molecule has 1 aromatic heterocycles. The van der Waals surface area contributed by atoms with Gasteiger partial charge in [0.1, 0.15) is 5.69 Å². The van der Waals surface area contributed by atoms with Gasteiger partial charge in [-0.25, -0.2) is 9.97 Å². The topological polar surface area (TPSA) is 72.1 Å². The Labute approximate surface area is 127 Å². The molecule has 1 aliphatic rings. The normalized spacial score (nSPS) is 13.4. The summed E-state index contributed by atoms with van der Waals surface area (Å²) in [6.45, 7) is 1.21. The maximum Gasteiger partial charge on any atom is 0.273 e. The maximum atomic E-state index is 12.9. The van der Waals surface area contributed by atoms with Crippen molar-refractivity contribution in [3.05, 3.63) is 65.4 Å². The van der Waals surface area contributed by atoms with Crippen LogP contribution in [-0.2, 0) is 13.1 Å². The van der Waals surface area contributed by atoms with Crippen molar-refractivity contribution in [3.8, 4) is 0 Å². The van der Waals surface area contributed by atoms with Gasteiger partial charge >= 0.3 is 0 Å². The molecule has 0 saturated carbocycles. The molecule has 1 aliphatic heterocycles. The van der Waals surface area contributed by atoms with Crippen LogP contribution >= 0.6 is 0 Å². The van der Waals surface area contributed by atoms with E-state index in [4.69, 9.17) is 5.73 Å². The number of carbonyl (C=O) groups is 1. The van der Waals surface area contributed by atoms with E-state index in [9.17, 15) is 4.79 Å². The number of amides is 1. The fraction of sp³-hybridized carbons (Fsp3) is 0.118. The molecule has 0 saturated heterocycles. The molecule has 2 N–H and O–H groups in total. The second-order valence-corrected chi connectivity index (χ2v) is 5.38. The van der Waals surface area contributed by atoms with Crippen LogP contribution in [0.15, 0.2) is 48.5 Å². The Balaban J connectivity index is 1.76. The number of para-hydroxylation sites is 1. The first-order valence-electron chi connectivity index (χ1n) is 7.11. The van der Waals surface area contributed by atoms with Gasteiger partial charge in [0.2, 0.25) is 5.95 Å². The molecule has 2 aromatic carbocycles. The van der Waals surface area contributed by atoms with Gasteiger partial charge in [-0.3, -0.25) is 4.79 Å². The lowest BCUT2D eigenvalue weighted by atomic mass is 10.1. The van der Waals surface area contributed by atoms with Crippen molar-refractivity contribution in [2.75, 3.05) is 5.73 Å². The zero-order chi connectivity index (χ0) is 15.1. The van der Waals surface area contributed by atoms with Crippen LogP contribution in [0.4, 0.5) is 5.95 Å². The molecule has 2 heterocycles. The van der Waals surface area contributed by atoms with Gasteiger partial charge in [-0.05, 0) is 17.2 Å². The first-order chi connectivity index (χ1) is 10.7. The molecule has 0 atom stereocenters. The number of benzene rings is 2. The van der Waals surface area contributed by atoms with E-state index in [-0.39, 0.29) is 11.9 Å². The first kappa shape index (κ1) is 12.8. The third-order valence-corrected chi connectivity index (χ3v) is 3.95. The Bertz CT molecular complexity index is 866. The van der Waals surface area contributed by atoms with Gasteiger partial charge in [-0.15, -0.1) is 0 Å². The number of carbonyl (C=O) groups excluding carboxylic acids is 1. The van der Waals surface area contributed by atoms with E-state index in [1.165, 1.54) is 11.1 Å². The Morgan fingerprint density at radius 1 is 0.955 bits per heavy atom. The zero-order valence-electron chi connectivity index (χ0n) is 11.9. The van der Waals surface area contributed by atoms with Gasteiger partial charge < -0.3 is 10.6 Å². The molecule has 0 bridgehead atoms.